The molecule has 0 atom stereocenters. The highest BCUT2D eigenvalue weighted by molar-refractivity contribution is 6.30. The maximum Gasteiger partial charge on any atom is 0.246 e. The van der Waals surface area contributed by atoms with Crippen molar-refractivity contribution in [2.75, 3.05) is 13.1 Å². The van der Waals surface area contributed by atoms with Gasteiger partial charge in [0.2, 0.25) is 11.7 Å². The average molecular weight is 321 g/mol. The normalized spacial score (nSPS) is 16.0. The molecule has 0 bridgehead atoms. The molecule has 22 heavy (non-hydrogen) atoms. The Morgan fingerprint density at radius 2 is 1.95 bits per heavy atom. The highest BCUT2D eigenvalue weighted by Gasteiger charge is 2.21. The van der Waals surface area contributed by atoms with Gasteiger partial charge in [-0.25, -0.2) is 0 Å². The van der Waals surface area contributed by atoms with E-state index in [9.17, 15) is 4.79 Å². The quantitative estimate of drug-likeness (QED) is 0.909. The van der Waals surface area contributed by atoms with Gasteiger partial charge in [-0.3, -0.25) is 4.79 Å². The molecule has 1 fully saturated rings. The van der Waals surface area contributed by atoms with Crippen molar-refractivity contribution >= 4 is 17.5 Å². The highest BCUT2D eigenvalue weighted by Crippen LogP contribution is 2.17. The minimum Gasteiger partial charge on any atom is -0.341 e. The lowest BCUT2D eigenvalue weighted by molar-refractivity contribution is -0.133. The summed E-state index contributed by atoms with van der Waals surface area (Å²) in [6.45, 7) is 1.48. The summed E-state index contributed by atoms with van der Waals surface area (Å²) in [6, 6.07) is 7.36. The second-order valence-corrected chi connectivity index (χ2v) is 5.80. The van der Waals surface area contributed by atoms with Gasteiger partial charge in [0.15, 0.2) is 0 Å². The molecule has 2 aromatic rings. The first-order valence-electron chi connectivity index (χ1n) is 7.19. The predicted octanol–water partition coefficient (Wildman–Crippen LogP) is 0.943. The average Bonchev–Trinajstić information content (AvgIpc) is 2.97. The van der Waals surface area contributed by atoms with Crippen LogP contribution in [0.5, 0.6) is 0 Å². The number of halogens is 1. The largest absolute Gasteiger partial charge is 0.341 e. The third kappa shape index (κ3) is 3.42. The number of hydrogen-bond acceptors (Lipinski definition) is 5. The van der Waals surface area contributed by atoms with E-state index >= 15 is 0 Å². The lowest BCUT2D eigenvalue weighted by Crippen LogP contribution is -2.44. The Bertz CT molecular complexity index is 648. The second kappa shape index (κ2) is 6.41. The molecule has 0 radical (unpaired) electrons. The van der Waals surface area contributed by atoms with Gasteiger partial charge < -0.3 is 10.6 Å². The maximum atomic E-state index is 12.2. The number of nitrogens with two attached hydrogens (primary N) is 1. The topological polar surface area (TPSA) is 89.9 Å². The van der Waals surface area contributed by atoms with E-state index in [1.165, 1.54) is 4.80 Å². The summed E-state index contributed by atoms with van der Waals surface area (Å²) in [5.41, 5.74) is 6.65. The fraction of sp³-hybridized carbons (Fsp3) is 0.429. The standard InChI is InChI=1S/C14H17ClN6O/c15-11-3-1-10(2-4-11)14-17-19-21(18-14)9-13(22)20-7-5-12(16)6-8-20/h1-4,12H,5-9,16H2. The first-order chi connectivity index (χ1) is 10.6. The predicted molar refractivity (Wildman–Crippen MR) is 82.1 cm³/mol. The Kier molecular flexibility index (Phi) is 4.35. The number of benzene rings is 1. The molecule has 1 aliphatic heterocycles. The van der Waals surface area contributed by atoms with Crippen LogP contribution in [0, 0.1) is 0 Å². The van der Waals surface area contributed by atoms with Crippen LogP contribution in [0.2, 0.25) is 5.02 Å². The van der Waals surface area contributed by atoms with Crippen molar-refractivity contribution in [3.8, 4) is 11.4 Å². The van der Waals surface area contributed by atoms with Crippen LogP contribution in [0.15, 0.2) is 24.3 Å². The first kappa shape index (κ1) is 14.9. The molecule has 1 saturated heterocycles. The summed E-state index contributed by atoms with van der Waals surface area (Å²) in [5, 5.41) is 12.8. The maximum absolute atomic E-state index is 12.2. The number of carbonyl (C=O) groups is 1. The Morgan fingerprint density at radius 3 is 2.64 bits per heavy atom. The van der Waals surface area contributed by atoms with E-state index in [1.807, 2.05) is 12.1 Å². The lowest BCUT2D eigenvalue weighted by atomic mass is 10.1. The summed E-state index contributed by atoms with van der Waals surface area (Å²) in [6.07, 6.45) is 1.68. The Labute approximate surface area is 133 Å². The van der Waals surface area contributed by atoms with Gasteiger partial charge in [0.05, 0.1) is 0 Å². The van der Waals surface area contributed by atoms with Gasteiger partial charge in [-0.05, 0) is 42.3 Å². The summed E-state index contributed by atoms with van der Waals surface area (Å²) >= 11 is 5.85. The number of carbonyl (C=O) groups excluding carboxylic acids is 1. The van der Waals surface area contributed by atoms with E-state index in [4.69, 9.17) is 17.3 Å². The van der Waals surface area contributed by atoms with Crippen LogP contribution in [0.3, 0.4) is 0 Å². The van der Waals surface area contributed by atoms with E-state index in [1.54, 1.807) is 17.0 Å². The van der Waals surface area contributed by atoms with Crippen molar-refractivity contribution in [2.24, 2.45) is 5.73 Å². The molecule has 0 saturated carbocycles. The number of likely N-dealkylation sites (tertiary alicyclic amines) is 1. The van der Waals surface area contributed by atoms with Crippen molar-refractivity contribution < 1.29 is 4.79 Å². The highest BCUT2D eigenvalue weighted by atomic mass is 35.5. The van der Waals surface area contributed by atoms with Gasteiger partial charge in [-0.1, -0.05) is 11.6 Å². The molecule has 1 aliphatic rings. The number of tetrazole rings is 1. The minimum absolute atomic E-state index is 0.00745. The Hall–Kier alpha value is -1.99. The fourth-order valence-electron chi connectivity index (χ4n) is 2.39. The Balaban J connectivity index is 1.64. The Morgan fingerprint density at radius 1 is 1.27 bits per heavy atom. The minimum atomic E-state index is -0.00745. The summed E-state index contributed by atoms with van der Waals surface area (Å²) in [7, 11) is 0. The fourth-order valence-corrected chi connectivity index (χ4v) is 2.52. The van der Waals surface area contributed by atoms with Crippen LogP contribution in [-0.2, 0) is 11.3 Å². The third-order valence-corrected chi connectivity index (χ3v) is 3.98. The molecule has 1 amide bonds. The molecule has 3 rings (SSSR count). The molecule has 0 spiro atoms. The van der Waals surface area contributed by atoms with Crippen LogP contribution >= 0.6 is 11.6 Å². The SMILES string of the molecule is NC1CCN(C(=O)Cn2nnc(-c3ccc(Cl)cc3)n2)CC1. The number of rotatable bonds is 3. The molecular weight excluding hydrogens is 304 g/mol. The first-order valence-corrected chi connectivity index (χ1v) is 7.57. The van der Waals surface area contributed by atoms with Gasteiger partial charge in [0.1, 0.15) is 6.54 Å². The number of nitrogens with zero attached hydrogens (tertiary/aromatic N) is 5. The molecule has 8 heteroatoms. The van der Waals surface area contributed by atoms with Gasteiger partial charge in [0, 0.05) is 29.7 Å². The summed E-state index contributed by atoms with van der Waals surface area (Å²) < 4.78 is 0. The van der Waals surface area contributed by atoms with Crippen LogP contribution in [0.1, 0.15) is 12.8 Å². The molecule has 116 valence electrons. The number of aromatic nitrogens is 4. The monoisotopic (exact) mass is 320 g/mol. The van der Waals surface area contributed by atoms with Crippen LogP contribution < -0.4 is 5.73 Å². The van der Waals surface area contributed by atoms with Crippen molar-refractivity contribution in [1.29, 1.82) is 0 Å². The molecule has 7 nitrogen and oxygen atoms in total. The zero-order chi connectivity index (χ0) is 15.5. The van der Waals surface area contributed by atoms with E-state index in [0.717, 1.165) is 18.4 Å². The van der Waals surface area contributed by atoms with Gasteiger partial charge in [-0.15, -0.1) is 10.2 Å². The van der Waals surface area contributed by atoms with Crippen LogP contribution in [-0.4, -0.2) is 50.1 Å². The van der Waals surface area contributed by atoms with Crippen molar-refractivity contribution in [3.63, 3.8) is 0 Å². The van der Waals surface area contributed by atoms with E-state index < -0.39 is 0 Å². The molecule has 0 aliphatic carbocycles. The van der Waals surface area contributed by atoms with Crippen molar-refractivity contribution in [3.05, 3.63) is 29.3 Å². The molecule has 2 heterocycles. The van der Waals surface area contributed by atoms with E-state index in [-0.39, 0.29) is 18.5 Å². The molecule has 0 unspecified atom stereocenters. The third-order valence-electron chi connectivity index (χ3n) is 3.72. The lowest BCUT2D eigenvalue weighted by Gasteiger charge is -2.29. The van der Waals surface area contributed by atoms with Crippen molar-refractivity contribution in [2.45, 2.75) is 25.4 Å². The summed E-state index contributed by atoms with van der Waals surface area (Å²) in [4.78, 5) is 15.3. The smallest absolute Gasteiger partial charge is 0.246 e. The molecule has 2 N–H and O–H groups in total. The van der Waals surface area contributed by atoms with Crippen molar-refractivity contribution in [1.82, 2.24) is 25.1 Å². The molecule has 1 aromatic carbocycles. The number of hydrogen-bond donors (Lipinski definition) is 1. The molecule has 1 aromatic heterocycles. The van der Waals surface area contributed by atoms with E-state index in [0.29, 0.717) is 23.9 Å². The summed E-state index contributed by atoms with van der Waals surface area (Å²) in [5.74, 6) is 0.470. The van der Waals surface area contributed by atoms with Crippen LogP contribution in [0.25, 0.3) is 11.4 Å². The van der Waals surface area contributed by atoms with Crippen LogP contribution in [0.4, 0.5) is 0 Å². The number of amides is 1. The molecular formula is C14H17ClN6O. The zero-order valence-electron chi connectivity index (χ0n) is 12.0. The van der Waals surface area contributed by atoms with E-state index in [2.05, 4.69) is 15.4 Å². The van der Waals surface area contributed by atoms with Gasteiger partial charge in [0.25, 0.3) is 0 Å². The zero-order valence-corrected chi connectivity index (χ0v) is 12.8. The van der Waals surface area contributed by atoms with Gasteiger partial charge >= 0.3 is 0 Å². The van der Waals surface area contributed by atoms with Gasteiger partial charge in [-0.2, -0.15) is 4.80 Å². The second-order valence-electron chi connectivity index (χ2n) is 5.37. The number of piperidine rings is 1.